The summed E-state index contributed by atoms with van der Waals surface area (Å²) in [6.45, 7) is 8.71. The normalized spacial score (nSPS) is 11.3. The number of hydrogen-bond acceptors (Lipinski definition) is 4. The standard InChI is InChI=1S/C21H26N4O2/c1-4-27-14-17-8-6-5-7-16(17)10-23-21(26)19-9-18-12-24-25(13-15(2)3)20(18)22-11-19/h5-9,11-12,15H,4,10,13-14H2,1-3H3,(H,23,26). The van der Waals surface area contributed by atoms with Gasteiger partial charge in [0.25, 0.3) is 5.91 Å². The van der Waals surface area contributed by atoms with E-state index in [1.165, 1.54) is 0 Å². The van der Waals surface area contributed by atoms with Crippen LogP contribution in [0, 0.1) is 5.92 Å². The Kier molecular flexibility index (Phi) is 6.19. The molecule has 1 aromatic carbocycles. The van der Waals surface area contributed by atoms with Crippen LogP contribution in [-0.4, -0.2) is 27.3 Å². The molecule has 0 fully saturated rings. The van der Waals surface area contributed by atoms with Crippen LogP contribution in [0.1, 0.15) is 42.3 Å². The van der Waals surface area contributed by atoms with Crippen molar-refractivity contribution < 1.29 is 9.53 Å². The lowest BCUT2D eigenvalue weighted by molar-refractivity contribution is 0.0949. The number of benzene rings is 1. The second kappa shape index (κ2) is 8.77. The molecule has 0 spiro atoms. The summed E-state index contributed by atoms with van der Waals surface area (Å²) in [6, 6.07) is 9.81. The number of pyridine rings is 1. The SMILES string of the molecule is CCOCc1ccccc1CNC(=O)c1cnc2c(cnn2CC(C)C)c1. The van der Waals surface area contributed by atoms with Crippen LogP contribution in [0.15, 0.2) is 42.7 Å². The van der Waals surface area contributed by atoms with Crippen LogP contribution in [0.25, 0.3) is 11.0 Å². The minimum atomic E-state index is -0.146. The van der Waals surface area contributed by atoms with Gasteiger partial charge in [-0.1, -0.05) is 38.1 Å². The molecular weight excluding hydrogens is 340 g/mol. The number of hydrogen-bond donors (Lipinski definition) is 1. The highest BCUT2D eigenvalue weighted by Crippen LogP contribution is 2.15. The van der Waals surface area contributed by atoms with Crippen molar-refractivity contribution in [3.63, 3.8) is 0 Å². The Morgan fingerprint density at radius 2 is 2.00 bits per heavy atom. The summed E-state index contributed by atoms with van der Waals surface area (Å²) in [5.41, 5.74) is 3.48. The molecular formula is C21H26N4O2. The van der Waals surface area contributed by atoms with Crippen LogP contribution < -0.4 is 5.32 Å². The fraction of sp³-hybridized carbons (Fsp3) is 0.381. The largest absolute Gasteiger partial charge is 0.377 e. The van der Waals surface area contributed by atoms with E-state index in [0.29, 0.717) is 31.2 Å². The van der Waals surface area contributed by atoms with Gasteiger partial charge in [0.2, 0.25) is 0 Å². The summed E-state index contributed by atoms with van der Waals surface area (Å²) in [6.07, 6.45) is 3.38. The van der Waals surface area contributed by atoms with E-state index in [4.69, 9.17) is 4.74 Å². The Balaban J connectivity index is 1.70. The zero-order valence-corrected chi connectivity index (χ0v) is 16.1. The van der Waals surface area contributed by atoms with Crippen molar-refractivity contribution in [2.75, 3.05) is 6.61 Å². The van der Waals surface area contributed by atoms with E-state index < -0.39 is 0 Å². The molecule has 2 aromatic heterocycles. The van der Waals surface area contributed by atoms with Crippen molar-refractivity contribution in [2.24, 2.45) is 5.92 Å². The Labute approximate surface area is 159 Å². The maximum absolute atomic E-state index is 12.6. The van der Waals surface area contributed by atoms with Gasteiger partial charge in [0.1, 0.15) is 0 Å². The molecule has 0 unspecified atom stereocenters. The summed E-state index contributed by atoms with van der Waals surface area (Å²) in [5.74, 6) is 0.335. The number of nitrogens with one attached hydrogen (secondary N) is 1. The first-order chi connectivity index (χ1) is 13.1. The second-order valence-corrected chi connectivity index (χ2v) is 6.95. The molecule has 6 heteroatoms. The van der Waals surface area contributed by atoms with Crippen molar-refractivity contribution in [2.45, 2.75) is 40.5 Å². The average Bonchev–Trinajstić information content (AvgIpc) is 3.06. The number of rotatable bonds is 8. The van der Waals surface area contributed by atoms with Gasteiger partial charge in [0.05, 0.1) is 18.4 Å². The second-order valence-electron chi connectivity index (χ2n) is 6.95. The van der Waals surface area contributed by atoms with Crippen molar-refractivity contribution in [1.82, 2.24) is 20.1 Å². The van der Waals surface area contributed by atoms with Crippen molar-refractivity contribution in [3.8, 4) is 0 Å². The fourth-order valence-corrected chi connectivity index (χ4v) is 2.94. The summed E-state index contributed by atoms with van der Waals surface area (Å²) >= 11 is 0. The Hall–Kier alpha value is -2.73. The summed E-state index contributed by atoms with van der Waals surface area (Å²) in [5, 5.41) is 8.23. The summed E-state index contributed by atoms with van der Waals surface area (Å²) in [7, 11) is 0. The molecule has 0 saturated carbocycles. The molecule has 0 aliphatic rings. The number of carbonyl (C=O) groups is 1. The van der Waals surface area contributed by atoms with Crippen molar-refractivity contribution in [3.05, 3.63) is 59.4 Å². The minimum absolute atomic E-state index is 0.146. The van der Waals surface area contributed by atoms with Gasteiger partial charge < -0.3 is 10.1 Å². The first-order valence-electron chi connectivity index (χ1n) is 9.32. The molecule has 0 aliphatic heterocycles. The van der Waals surface area contributed by atoms with Crippen LogP contribution in [0.5, 0.6) is 0 Å². The molecule has 142 valence electrons. The van der Waals surface area contributed by atoms with Crippen molar-refractivity contribution in [1.29, 1.82) is 0 Å². The average molecular weight is 366 g/mol. The predicted molar refractivity (Wildman–Crippen MR) is 105 cm³/mol. The predicted octanol–water partition coefficient (Wildman–Crippen LogP) is 3.55. The maximum Gasteiger partial charge on any atom is 0.253 e. The van der Waals surface area contributed by atoms with Crippen LogP contribution in [0.3, 0.4) is 0 Å². The van der Waals surface area contributed by atoms with Gasteiger partial charge in [-0.25, -0.2) is 9.67 Å². The van der Waals surface area contributed by atoms with Gasteiger partial charge >= 0.3 is 0 Å². The van der Waals surface area contributed by atoms with Gasteiger partial charge in [-0.3, -0.25) is 4.79 Å². The number of carbonyl (C=O) groups excluding carboxylic acids is 1. The summed E-state index contributed by atoms with van der Waals surface area (Å²) in [4.78, 5) is 17.0. The smallest absolute Gasteiger partial charge is 0.253 e. The first-order valence-corrected chi connectivity index (χ1v) is 9.32. The van der Waals surface area contributed by atoms with E-state index in [2.05, 4.69) is 29.2 Å². The van der Waals surface area contributed by atoms with Gasteiger partial charge in [-0.15, -0.1) is 0 Å². The molecule has 0 saturated heterocycles. The molecule has 0 atom stereocenters. The lowest BCUT2D eigenvalue weighted by atomic mass is 10.1. The first kappa shape index (κ1) is 19.0. The van der Waals surface area contributed by atoms with Crippen LogP contribution in [-0.2, 0) is 24.4 Å². The molecule has 6 nitrogen and oxygen atoms in total. The van der Waals surface area contributed by atoms with E-state index in [9.17, 15) is 4.79 Å². The number of nitrogens with zero attached hydrogens (tertiary/aromatic N) is 3. The number of amides is 1. The van der Waals surface area contributed by atoms with E-state index in [1.807, 2.05) is 41.9 Å². The zero-order valence-electron chi connectivity index (χ0n) is 16.1. The number of ether oxygens (including phenoxy) is 1. The van der Waals surface area contributed by atoms with Gasteiger partial charge in [0, 0.05) is 31.3 Å². The zero-order chi connectivity index (χ0) is 19.2. The fourth-order valence-electron chi connectivity index (χ4n) is 2.94. The lowest BCUT2D eigenvalue weighted by Crippen LogP contribution is -2.23. The van der Waals surface area contributed by atoms with Crippen LogP contribution >= 0.6 is 0 Å². The highest BCUT2D eigenvalue weighted by Gasteiger charge is 2.12. The van der Waals surface area contributed by atoms with Crippen LogP contribution in [0.2, 0.25) is 0 Å². The Bertz CT molecular complexity index is 917. The lowest BCUT2D eigenvalue weighted by Gasteiger charge is -2.11. The molecule has 0 radical (unpaired) electrons. The Morgan fingerprint density at radius 1 is 1.22 bits per heavy atom. The highest BCUT2D eigenvalue weighted by atomic mass is 16.5. The topological polar surface area (TPSA) is 69.0 Å². The molecule has 1 N–H and O–H groups in total. The summed E-state index contributed by atoms with van der Waals surface area (Å²) < 4.78 is 7.38. The molecule has 1 amide bonds. The van der Waals surface area contributed by atoms with E-state index in [-0.39, 0.29) is 5.91 Å². The maximum atomic E-state index is 12.6. The minimum Gasteiger partial charge on any atom is -0.377 e. The molecule has 2 heterocycles. The molecule has 3 aromatic rings. The third-order valence-corrected chi connectivity index (χ3v) is 4.30. The van der Waals surface area contributed by atoms with E-state index in [0.717, 1.165) is 28.7 Å². The van der Waals surface area contributed by atoms with Crippen molar-refractivity contribution >= 4 is 16.9 Å². The third-order valence-electron chi connectivity index (χ3n) is 4.30. The van der Waals surface area contributed by atoms with Gasteiger partial charge in [0.15, 0.2) is 5.65 Å². The quantitative estimate of drug-likeness (QED) is 0.662. The van der Waals surface area contributed by atoms with E-state index in [1.54, 1.807) is 12.4 Å². The number of aromatic nitrogens is 3. The highest BCUT2D eigenvalue weighted by molar-refractivity contribution is 5.96. The van der Waals surface area contributed by atoms with Gasteiger partial charge in [-0.2, -0.15) is 5.10 Å². The molecule has 27 heavy (non-hydrogen) atoms. The third kappa shape index (κ3) is 4.71. The Morgan fingerprint density at radius 3 is 2.74 bits per heavy atom. The molecule has 0 aliphatic carbocycles. The molecule has 0 bridgehead atoms. The van der Waals surface area contributed by atoms with Crippen LogP contribution in [0.4, 0.5) is 0 Å². The monoisotopic (exact) mass is 366 g/mol. The number of fused-ring (bicyclic) bond motifs is 1. The van der Waals surface area contributed by atoms with E-state index >= 15 is 0 Å². The molecule has 3 rings (SSSR count). The van der Waals surface area contributed by atoms with Gasteiger partial charge in [-0.05, 0) is 30.0 Å².